The van der Waals surface area contributed by atoms with Crippen LogP contribution in [0.3, 0.4) is 0 Å². The van der Waals surface area contributed by atoms with Gasteiger partial charge in [0, 0.05) is 24.9 Å². The van der Waals surface area contributed by atoms with E-state index in [1.54, 1.807) is 0 Å². The summed E-state index contributed by atoms with van der Waals surface area (Å²) in [7, 11) is 2.12. The number of rotatable bonds is 6. The molecular weight excluding hydrogens is 562 g/mol. The number of ether oxygens (including phenoxy) is 2. The van der Waals surface area contributed by atoms with Gasteiger partial charge in [0.1, 0.15) is 6.42 Å². The van der Waals surface area contributed by atoms with Crippen molar-refractivity contribution in [1.82, 2.24) is 15.5 Å². The monoisotopic (exact) mass is 625 g/mol. The van der Waals surface area contributed by atoms with Crippen molar-refractivity contribution in [1.29, 1.82) is 0 Å². The van der Waals surface area contributed by atoms with Gasteiger partial charge >= 0.3 is 0 Å². The Morgan fingerprint density at radius 2 is 1.64 bits per heavy atom. The largest absolute Gasteiger partial charge is 0.356 e. The second-order valence-electron chi connectivity index (χ2n) is 17.8. The summed E-state index contributed by atoms with van der Waals surface area (Å²) >= 11 is 0. The summed E-state index contributed by atoms with van der Waals surface area (Å²) in [6, 6.07) is 0.212. The normalized spacial score (nSPS) is 48.2. The van der Waals surface area contributed by atoms with E-state index in [2.05, 4.69) is 50.3 Å². The zero-order valence-electron chi connectivity index (χ0n) is 29.1. The summed E-state index contributed by atoms with van der Waals surface area (Å²) in [6.07, 6.45) is 16.4. The molecule has 3 heterocycles. The number of hydrogen-bond acceptors (Lipinski definition) is 5. The van der Waals surface area contributed by atoms with Crippen molar-refractivity contribution in [2.45, 2.75) is 136 Å². The first-order chi connectivity index (χ1) is 21.5. The highest BCUT2D eigenvalue weighted by molar-refractivity contribution is 5.96. The molecule has 254 valence electrons. The van der Waals surface area contributed by atoms with Crippen LogP contribution in [0.4, 0.5) is 0 Å². The van der Waals surface area contributed by atoms with Gasteiger partial charge in [0.05, 0.1) is 12.7 Å². The van der Waals surface area contributed by atoms with Crippen LogP contribution in [0.25, 0.3) is 0 Å². The van der Waals surface area contributed by atoms with Crippen LogP contribution in [0.2, 0.25) is 0 Å². The molecule has 4 aliphatic carbocycles. The summed E-state index contributed by atoms with van der Waals surface area (Å²) < 4.78 is 13.5. The van der Waals surface area contributed by atoms with Crippen LogP contribution in [0.15, 0.2) is 0 Å². The molecule has 0 bridgehead atoms. The van der Waals surface area contributed by atoms with Gasteiger partial charge in [-0.05, 0) is 149 Å². The van der Waals surface area contributed by atoms with Crippen molar-refractivity contribution in [3.8, 4) is 0 Å². The van der Waals surface area contributed by atoms with E-state index in [-0.39, 0.29) is 30.1 Å². The van der Waals surface area contributed by atoms with Crippen LogP contribution >= 0.6 is 0 Å². The number of piperidine rings is 1. The van der Waals surface area contributed by atoms with Gasteiger partial charge in [0.2, 0.25) is 11.8 Å². The number of carbonyl (C=O) groups excluding carboxylic acids is 2. The van der Waals surface area contributed by atoms with Crippen LogP contribution < -0.4 is 10.6 Å². The van der Waals surface area contributed by atoms with Crippen LogP contribution in [-0.4, -0.2) is 67.9 Å². The van der Waals surface area contributed by atoms with E-state index in [4.69, 9.17) is 9.47 Å². The molecule has 1 spiro atoms. The summed E-state index contributed by atoms with van der Waals surface area (Å²) in [5.74, 6) is 5.25. The Hall–Kier alpha value is -1.18. The number of hydrogen-bond donors (Lipinski definition) is 2. The summed E-state index contributed by atoms with van der Waals surface area (Å²) in [5.41, 5.74) is 0.855. The topological polar surface area (TPSA) is 79.9 Å². The molecule has 7 rings (SSSR count). The Kier molecular flexibility index (Phi) is 8.90. The number of likely N-dealkylation sites (tertiary alicyclic amines) is 1. The quantitative estimate of drug-likeness (QED) is 0.346. The minimum Gasteiger partial charge on any atom is -0.356 e. The fourth-order valence-corrected chi connectivity index (χ4v) is 12.7. The molecule has 3 saturated heterocycles. The molecule has 7 heteroatoms. The van der Waals surface area contributed by atoms with E-state index in [0.717, 1.165) is 69.1 Å². The zero-order valence-corrected chi connectivity index (χ0v) is 29.1. The van der Waals surface area contributed by atoms with E-state index in [1.165, 1.54) is 57.8 Å². The molecule has 12 atom stereocenters. The maximum Gasteiger partial charge on any atom is 0.229 e. The standard InChI is InChI=1S/C38H63N3O4/c1-24-8-16-38(44-23-24)25(2)35-32(45-38)21-31-29-7-6-27-20-26(9-14-36(27,3)30(29)10-15-37(31,35)4)11-17-39-33(42)22-34(43)40-28-12-18-41(5)19-13-28/h24-32,35H,6-23H2,1-5H3,(H,39,42)(H,40,43)/t24-,25-,26?,27+,29+,30-,31-,32-,35-,36-,37-,38+/m0/s1. The molecular formula is C38H63N3O4. The summed E-state index contributed by atoms with van der Waals surface area (Å²) in [4.78, 5) is 27.2. The van der Waals surface area contributed by atoms with Gasteiger partial charge in [-0.3, -0.25) is 9.59 Å². The first-order valence-corrected chi connectivity index (χ1v) is 19.1. The molecule has 3 aliphatic heterocycles. The first kappa shape index (κ1) is 32.4. The number of carbonyl (C=O) groups is 2. The third-order valence-electron chi connectivity index (χ3n) is 15.3. The lowest BCUT2D eigenvalue weighted by atomic mass is 9.44. The number of fused-ring (bicyclic) bond motifs is 7. The molecule has 7 nitrogen and oxygen atoms in total. The van der Waals surface area contributed by atoms with Crippen molar-refractivity contribution >= 4 is 11.8 Å². The van der Waals surface area contributed by atoms with Crippen molar-refractivity contribution in [2.24, 2.45) is 58.2 Å². The number of amides is 2. The minimum absolute atomic E-state index is 0.0421. The lowest BCUT2D eigenvalue weighted by Gasteiger charge is -2.61. The minimum atomic E-state index is -0.312. The summed E-state index contributed by atoms with van der Waals surface area (Å²) in [5, 5.41) is 6.15. The zero-order chi connectivity index (χ0) is 31.6. The van der Waals surface area contributed by atoms with Gasteiger partial charge in [-0.1, -0.05) is 27.7 Å². The van der Waals surface area contributed by atoms with Crippen molar-refractivity contribution in [3.05, 3.63) is 0 Å². The molecule has 0 radical (unpaired) electrons. The second kappa shape index (κ2) is 12.4. The van der Waals surface area contributed by atoms with Crippen LogP contribution in [-0.2, 0) is 19.1 Å². The average Bonchev–Trinajstić information content (AvgIpc) is 3.45. The number of nitrogens with one attached hydrogen (secondary N) is 2. The Labute approximate surface area is 273 Å². The maximum absolute atomic E-state index is 12.5. The predicted octanol–water partition coefficient (Wildman–Crippen LogP) is 6.16. The molecule has 0 aromatic rings. The Morgan fingerprint density at radius 1 is 0.867 bits per heavy atom. The van der Waals surface area contributed by atoms with E-state index in [9.17, 15) is 9.59 Å². The first-order valence-electron chi connectivity index (χ1n) is 19.1. The molecule has 7 fully saturated rings. The van der Waals surface area contributed by atoms with Gasteiger partial charge in [0.15, 0.2) is 5.79 Å². The highest BCUT2D eigenvalue weighted by Crippen LogP contribution is 2.71. The maximum atomic E-state index is 12.5. The highest BCUT2D eigenvalue weighted by Gasteiger charge is 2.69. The van der Waals surface area contributed by atoms with E-state index < -0.39 is 0 Å². The van der Waals surface area contributed by atoms with Crippen LogP contribution in [0.1, 0.15) is 118 Å². The lowest BCUT2D eigenvalue weighted by molar-refractivity contribution is -0.273. The van der Waals surface area contributed by atoms with Crippen molar-refractivity contribution in [2.75, 3.05) is 33.3 Å². The third-order valence-corrected chi connectivity index (χ3v) is 15.3. The molecule has 0 aromatic heterocycles. The fraction of sp³-hybridized carbons (Fsp3) is 0.947. The van der Waals surface area contributed by atoms with Gasteiger partial charge < -0.3 is 25.0 Å². The van der Waals surface area contributed by atoms with E-state index in [1.807, 2.05) is 0 Å². The Bertz CT molecular complexity index is 1100. The van der Waals surface area contributed by atoms with Gasteiger partial charge in [0.25, 0.3) is 0 Å². The van der Waals surface area contributed by atoms with Gasteiger partial charge in [-0.2, -0.15) is 0 Å². The SMILES string of the molecule is C[C@H]1CC[C@@]2(OC1)O[C@H]1C[C@H]3[C@@H]4CC[C@@H]5CC(CCNC(=O)CC(=O)NC6CCN(C)CC6)CC[C@]5(C)[C@H]4CC[C@]3(C)[C@H]1[C@@H]2C. The molecule has 1 unspecified atom stereocenters. The number of nitrogens with zero attached hydrogens (tertiary/aromatic N) is 1. The third kappa shape index (κ3) is 5.81. The summed E-state index contributed by atoms with van der Waals surface area (Å²) in [6.45, 7) is 13.7. The van der Waals surface area contributed by atoms with E-state index in [0.29, 0.717) is 47.2 Å². The molecule has 0 aromatic carbocycles. The lowest BCUT2D eigenvalue weighted by Crippen LogP contribution is -2.54. The van der Waals surface area contributed by atoms with Crippen LogP contribution in [0, 0.1) is 58.2 Å². The average molecular weight is 626 g/mol. The molecule has 2 N–H and O–H groups in total. The predicted molar refractivity (Wildman–Crippen MR) is 176 cm³/mol. The highest BCUT2D eigenvalue weighted by atomic mass is 16.7. The molecule has 2 amide bonds. The fourth-order valence-electron chi connectivity index (χ4n) is 12.7. The smallest absolute Gasteiger partial charge is 0.229 e. The van der Waals surface area contributed by atoms with Crippen molar-refractivity contribution < 1.29 is 19.1 Å². The Balaban J connectivity index is 0.894. The second-order valence-corrected chi connectivity index (χ2v) is 17.8. The van der Waals surface area contributed by atoms with Gasteiger partial charge in [-0.25, -0.2) is 0 Å². The van der Waals surface area contributed by atoms with Gasteiger partial charge in [-0.15, -0.1) is 0 Å². The van der Waals surface area contributed by atoms with E-state index >= 15 is 0 Å². The van der Waals surface area contributed by atoms with Crippen LogP contribution in [0.5, 0.6) is 0 Å². The molecule has 45 heavy (non-hydrogen) atoms. The molecule has 4 saturated carbocycles. The Morgan fingerprint density at radius 3 is 2.40 bits per heavy atom. The van der Waals surface area contributed by atoms with Crippen molar-refractivity contribution in [3.63, 3.8) is 0 Å². The molecule has 7 aliphatic rings.